The van der Waals surface area contributed by atoms with Crippen molar-refractivity contribution in [1.29, 1.82) is 0 Å². The Morgan fingerprint density at radius 3 is 2.25 bits per heavy atom. The molecule has 0 saturated heterocycles. The van der Waals surface area contributed by atoms with Gasteiger partial charge in [-0.1, -0.05) is 12.1 Å². The fourth-order valence-electron chi connectivity index (χ4n) is 0.742. The van der Waals surface area contributed by atoms with Crippen LogP contribution in [0.4, 0.5) is 0 Å². The van der Waals surface area contributed by atoms with E-state index in [0.29, 0.717) is 0 Å². The van der Waals surface area contributed by atoms with Gasteiger partial charge in [0.25, 0.3) is 0 Å². The minimum Gasteiger partial charge on any atom is -0.497 e. The van der Waals surface area contributed by atoms with Crippen LogP contribution in [0.5, 0.6) is 5.75 Å². The van der Waals surface area contributed by atoms with Gasteiger partial charge in [-0.15, -0.1) is 0 Å². The van der Waals surface area contributed by atoms with Crippen LogP contribution in [-0.2, 0) is 0 Å². The number of ether oxygens (including phenoxy) is 1. The largest absolute Gasteiger partial charge is 0.497 e. The second kappa shape index (κ2) is 6.70. The van der Waals surface area contributed by atoms with Crippen molar-refractivity contribution in [2.24, 2.45) is 0 Å². The molecule has 0 spiro atoms. The van der Waals surface area contributed by atoms with E-state index in [1.165, 1.54) is 5.56 Å². The maximum absolute atomic E-state index is 7.12. The Bertz CT molecular complexity index is 215. The van der Waals surface area contributed by atoms with E-state index in [2.05, 4.69) is 0 Å². The molecule has 0 atom stereocenters. The summed E-state index contributed by atoms with van der Waals surface area (Å²) in [4.78, 5) is 0. The van der Waals surface area contributed by atoms with Crippen LogP contribution in [-0.4, -0.2) is 24.8 Å². The van der Waals surface area contributed by atoms with Crippen LogP contribution < -0.4 is 4.74 Å². The highest BCUT2D eigenvalue weighted by Gasteiger charge is 1.86. The van der Waals surface area contributed by atoms with Crippen LogP contribution in [0.3, 0.4) is 0 Å². The molecule has 2 N–H and O–H groups in total. The van der Waals surface area contributed by atoms with Crippen LogP contribution >= 0.6 is 0 Å². The second-order valence-corrected chi connectivity index (χ2v) is 2.16. The van der Waals surface area contributed by atoms with E-state index in [4.69, 9.17) is 14.8 Å². The van der Waals surface area contributed by atoms with Crippen LogP contribution in [0.15, 0.2) is 24.3 Å². The topological polar surface area (TPSA) is 49.7 Å². The molecule has 66 valence electrons. The Morgan fingerprint density at radius 1 is 1.33 bits per heavy atom. The van der Waals surface area contributed by atoms with Gasteiger partial charge in [-0.05, 0) is 24.6 Å². The van der Waals surface area contributed by atoms with Gasteiger partial charge < -0.3 is 14.8 Å². The van der Waals surface area contributed by atoms with Gasteiger partial charge in [0.15, 0.2) is 0 Å². The molecule has 0 bridgehead atoms. The van der Waals surface area contributed by atoms with Gasteiger partial charge in [0, 0.05) is 0 Å². The summed E-state index contributed by atoms with van der Waals surface area (Å²) in [6.45, 7) is 2.04. The summed E-state index contributed by atoms with van der Waals surface area (Å²) >= 11 is 0. The normalized spacial score (nSPS) is 8.00. The average molecular weight is 168 g/mol. The molecule has 0 amide bonds. The molecule has 1 aromatic rings. The standard InChI is InChI=1S/C8H10O.BH3O2/c1-7-4-3-5-8(6-7)9-2;2-1-3/h3-6H,1-2H3;1-3H. The summed E-state index contributed by atoms with van der Waals surface area (Å²) < 4.78 is 5.00. The van der Waals surface area contributed by atoms with Crippen molar-refractivity contribution in [2.45, 2.75) is 6.92 Å². The first-order chi connectivity index (χ1) is 5.74. The first-order valence-corrected chi connectivity index (χ1v) is 3.57. The summed E-state index contributed by atoms with van der Waals surface area (Å²) in [6, 6.07) is 7.96. The summed E-state index contributed by atoms with van der Waals surface area (Å²) in [5.41, 5.74) is 1.23. The number of methoxy groups -OCH3 is 1. The highest BCUT2D eigenvalue weighted by molar-refractivity contribution is 6.13. The number of hydrogen-bond donors (Lipinski definition) is 2. The fraction of sp³-hybridized carbons (Fsp3) is 0.250. The lowest BCUT2D eigenvalue weighted by Crippen LogP contribution is -1.81. The Kier molecular flexibility index (Phi) is 6.14. The Morgan fingerprint density at radius 2 is 1.92 bits per heavy atom. The molecule has 0 unspecified atom stereocenters. The quantitative estimate of drug-likeness (QED) is 0.590. The van der Waals surface area contributed by atoms with Gasteiger partial charge in [0.1, 0.15) is 5.75 Å². The maximum Gasteiger partial charge on any atom is 0.432 e. The average Bonchev–Trinajstić information content (AvgIpc) is 2.06. The smallest absolute Gasteiger partial charge is 0.432 e. The van der Waals surface area contributed by atoms with Crippen molar-refractivity contribution >= 4 is 7.69 Å². The van der Waals surface area contributed by atoms with E-state index in [1.807, 2.05) is 31.2 Å². The van der Waals surface area contributed by atoms with Crippen LogP contribution in [0.25, 0.3) is 0 Å². The van der Waals surface area contributed by atoms with Crippen molar-refractivity contribution in [3.05, 3.63) is 29.8 Å². The first kappa shape index (κ1) is 11.0. The molecule has 0 aliphatic carbocycles. The lowest BCUT2D eigenvalue weighted by molar-refractivity contribution is 0.414. The third-order valence-corrected chi connectivity index (χ3v) is 1.23. The van der Waals surface area contributed by atoms with Gasteiger partial charge in [0.2, 0.25) is 0 Å². The van der Waals surface area contributed by atoms with E-state index in [1.54, 1.807) is 7.11 Å². The SMILES string of the molecule is COc1cccc(C)c1.OBO. The van der Waals surface area contributed by atoms with Crippen molar-refractivity contribution < 1.29 is 14.8 Å². The Hall–Kier alpha value is -0.995. The molecule has 0 aromatic heterocycles. The number of aryl methyl sites for hydroxylation is 1. The van der Waals surface area contributed by atoms with Crippen LogP contribution in [0, 0.1) is 6.92 Å². The van der Waals surface area contributed by atoms with Gasteiger partial charge in [0.05, 0.1) is 7.11 Å². The molecule has 12 heavy (non-hydrogen) atoms. The van der Waals surface area contributed by atoms with Crippen molar-refractivity contribution in [2.75, 3.05) is 7.11 Å². The second-order valence-electron chi connectivity index (χ2n) is 2.16. The van der Waals surface area contributed by atoms with Gasteiger partial charge >= 0.3 is 7.69 Å². The lowest BCUT2D eigenvalue weighted by atomic mass is 10.2. The summed E-state index contributed by atoms with van der Waals surface area (Å²) in [5, 5.41) is 14.2. The van der Waals surface area contributed by atoms with Gasteiger partial charge in [-0.25, -0.2) is 0 Å². The molecule has 1 rings (SSSR count). The molecule has 0 aliphatic rings. The molecule has 0 radical (unpaired) electrons. The molecular formula is C8H13BO3. The third kappa shape index (κ3) is 4.76. The van der Waals surface area contributed by atoms with Gasteiger partial charge in [-0.2, -0.15) is 0 Å². The number of benzene rings is 1. The summed E-state index contributed by atoms with van der Waals surface area (Å²) in [5.74, 6) is 0.926. The minimum absolute atomic E-state index is 0.750. The highest BCUT2D eigenvalue weighted by Crippen LogP contribution is 2.10. The number of rotatable bonds is 1. The molecule has 1 aromatic carbocycles. The van der Waals surface area contributed by atoms with Crippen molar-refractivity contribution in [3.8, 4) is 5.75 Å². The van der Waals surface area contributed by atoms with Gasteiger partial charge in [-0.3, -0.25) is 0 Å². The molecule has 3 nitrogen and oxygen atoms in total. The zero-order valence-electron chi connectivity index (χ0n) is 7.32. The van der Waals surface area contributed by atoms with E-state index in [0.717, 1.165) is 5.75 Å². The van der Waals surface area contributed by atoms with Crippen molar-refractivity contribution in [3.63, 3.8) is 0 Å². The molecule has 0 heterocycles. The monoisotopic (exact) mass is 168 g/mol. The van der Waals surface area contributed by atoms with E-state index in [9.17, 15) is 0 Å². The molecule has 0 saturated carbocycles. The van der Waals surface area contributed by atoms with Crippen molar-refractivity contribution in [1.82, 2.24) is 0 Å². The first-order valence-electron chi connectivity index (χ1n) is 3.57. The molecule has 4 heteroatoms. The predicted molar refractivity (Wildman–Crippen MR) is 49.3 cm³/mol. The van der Waals surface area contributed by atoms with E-state index < -0.39 is 7.69 Å². The predicted octanol–water partition coefficient (Wildman–Crippen LogP) is 0.241. The molecular weight excluding hydrogens is 155 g/mol. The third-order valence-electron chi connectivity index (χ3n) is 1.23. The van der Waals surface area contributed by atoms with E-state index >= 15 is 0 Å². The van der Waals surface area contributed by atoms with Crippen LogP contribution in [0.1, 0.15) is 5.56 Å². The fourth-order valence-corrected chi connectivity index (χ4v) is 0.742. The lowest BCUT2D eigenvalue weighted by Gasteiger charge is -1.97. The zero-order chi connectivity index (χ0) is 9.40. The zero-order valence-corrected chi connectivity index (χ0v) is 7.32. The maximum atomic E-state index is 7.12. The highest BCUT2D eigenvalue weighted by atomic mass is 16.5. The summed E-state index contributed by atoms with van der Waals surface area (Å²) in [6.07, 6.45) is 0. The number of hydrogen-bond acceptors (Lipinski definition) is 3. The van der Waals surface area contributed by atoms with Crippen LogP contribution in [0.2, 0.25) is 0 Å². The molecule has 0 fully saturated rings. The Labute approximate surface area is 72.9 Å². The minimum atomic E-state index is -0.750. The van der Waals surface area contributed by atoms with E-state index in [-0.39, 0.29) is 0 Å². The summed E-state index contributed by atoms with van der Waals surface area (Å²) in [7, 11) is 0.925. The Balaban J connectivity index is 0.000000354. The molecule has 0 aliphatic heterocycles.